The number of rotatable bonds is 7. The first-order chi connectivity index (χ1) is 11.1. The Morgan fingerprint density at radius 2 is 1.74 bits per heavy atom. The second-order valence-electron chi connectivity index (χ2n) is 5.69. The molecule has 2 aromatic rings. The number of nitrogens with zero attached hydrogens (tertiary/aromatic N) is 1. The van der Waals surface area contributed by atoms with Crippen LogP contribution in [0.25, 0.3) is 0 Å². The van der Waals surface area contributed by atoms with Crippen molar-refractivity contribution in [3.63, 3.8) is 0 Å². The predicted molar refractivity (Wildman–Crippen MR) is 92.1 cm³/mol. The molecule has 0 aliphatic carbocycles. The lowest BCUT2D eigenvalue weighted by Gasteiger charge is -2.13. The van der Waals surface area contributed by atoms with Crippen LogP contribution in [0.1, 0.15) is 36.5 Å². The maximum atomic E-state index is 8.54. The van der Waals surface area contributed by atoms with E-state index in [9.17, 15) is 0 Å². The van der Waals surface area contributed by atoms with Gasteiger partial charge in [-0.1, -0.05) is 37.2 Å². The molecule has 0 aliphatic heterocycles. The van der Waals surface area contributed by atoms with E-state index in [1.165, 1.54) is 17.3 Å². The summed E-state index contributed by atoms with van der Waals surface area (Å²) in [5, 5.41) is 11.5. The quantitative estimate of drug-likeness (QED) is 0.357. The summed E-state index contributed by atoms with van der Waals surface area (Å²) in [5.41, 5.74) is 3.37. The molecule has 0 atom stereocenters. The minimum absolute atomic E-state index is 0.449. The highest BCUT2D eigenvalue weighted by atomic mass is 16.5. The summed E-state index contributed by atoms with van der Waals surface area (Å²) < 4.78 is 11.4. The molecule has 0 unspecified atom stereocenters. The van der Waals surface area contributed by atoms with Crippen molar-refractivity contribution in [2.75, 3.05) is 13.2 Å². The van der Waals surface area contributed by atoms with Gasteiger partial charge >= 0.3 is 0 Å². The third kappa shape index (κ3) is 5.02. The zero-order chi connectivity index (χ0) is 16.7. The molecule has 2 rings (SSSR count). The lowest BCUT2D eigenvalue weighted by Crippen LogP contribution is -2.09. The van der Waals surface area contributed by atoms with Gasteiger partial charge in [0.25, 0.3) is 0 Å². The molecule has 1 N–H and O–H groups in total. The van der Waals surface area contributed by atoms with Crippen LogP contribution in [0.4, 0.5) is 0 Å². The number of ether oxygens (including phenoxy) is 2. The smallest absolute Gasteiger partial charge is 0.122 e. The van der Waals surface area contributed by atoms with Crippen molar-refractivity contribution in [3.05, 3.63) is 59.2 Å². The topological polar surface area (TPSA) is 51.0 Å². The van der Waals surface area contributed by atoms with E-state index in [2.05, 4.69) is 38.1 Å². The van der Waals surface area contributed by atoms with E-state index in [0.717, 1.165) is 17.1 Å². The monoisotopic (exact) mass is 313 g/mol. The van der Waals surface area contributed by atoms with Crippen LogP contribution in [-0.4, -0.2) is 24.6 Å². The standard InChI is InChI=1S/C19H23NO3/c1-14(2)19-8-7-18(11-15(19)3)23-10-9-22-17-6-4-5-16(12-17)13-20-21/h4-8,11-14,21H,9-10H2,1-3H3. The summed E-state index contributed by atoms with van der Waals surface area (Å²) in [5.74, 6) is 2.09. The average molecular weight is 313 g/mol. The van der Waals surface area contributed by atoms with Crippen LogP contribution in [0.3, 0.4) is 0 Å². The van der Waals surface area contributed by atoms with Crippen molar-refractivity contribution in [2.24, 2.45) is 5.16 Å². The van der Waals surface area contributed by atoms with Gasteiger partial charge < -0.3 is 14.7 Å². The lowest BCUT2D eigenvalue weighted by molar-refractivity contribution is 0.217. The molecular formula is C19H23NO3. The highest BCUT2D eigenvalue weighted by Gasteiger charge is 2.04. The molecule has 0 aliphatic rings. The van der Waals surface area contributed by atoms with Gasteiger partial charge in [-0.05, 0) is 53.8 Å². The molecule has 0 bridgehead atoms. The van der Waals surface area contributed by atoms with Gasteiger partial charge in [0.15, 0.2) is 0 Å². The van der Waals surface area contributed by atoms with Gasteiger partial charge in [0, 0.05) is 0 Å². The van der Waals surface area contributed by atoms with Gasteiger partial charge in [-0.3, -0.25) is 0 Å². The van der Waals surface area contributed by atoms with Gasteiger partial charge in [0.1, 0.15) is 24.7 Å². The Hall–Kier alpha value is -2.49. The molecule has 0 spiro atoms. The van der Waals surface area contributed by atoms with E-state index in [1.54, 1.807) is 6.07 Å². The van der Waals surface area contributed by atoms with Gasteiger partial charge in [-0.15, -0.1) is 0 Å². The first-order valence-electron chi connectivity index (χ1n) is 7.74. The van der Waals surface area contributed by atoms with E-state index in [0.29, 0.717) is 19.1 Å². The molecule has 0 amide bonds. The fourth-order valence-electron chi connectivity index (χ4n) is 2.46. The second-order valence-corrected chi connectivity index (χ2v) is 5.69. The number of oxime groups is 1. The summed E-state index contributed by atoms with van der Waals surface area (Å²) in [6, 6.07) is 13.5. The summed E-state index contributed by atoms with van der Waals surface area (Å²) in [6.45, 7) is 7.40. The Bertz CT molecular complexity index is 665. The van der Waals surface area contributed by atoms with Crippen molar-refractivity contribution in [1.82, 2.24) is 0 Å². The maximum Gasteiger partial charge on any atom is 0.122 e. The highest BCUT2D eigenvalue weighted by Crippen LogP contribution is 2.23. The lowest BCUT2D eigenvalue weighted by atomic mass is 9.98. The van der Waals surface area contributed by atoms with Crippen LogP contribution in [0.2, 0.25) is 0 Å². The van der Waals surface area contributed by atoms with Crippen molar-refractivity contribution >= 4 is 6.21 Å². The minimum atomic E-state index is 0.449. The number of hydrogen-bond donors (Lipinski definition) is 1. The molecular weight excluding hydrogens is 290 g/mol. The number of benzene rings is 2. The van der Waals surface area contributed by atoms with Gasteiger partial charge in [-0.2, -0.15) is 0 Å². The Labute approximate surface area is 137 Å². The fraction of sp³-hybridized carbons (Fsp3) is 0.316. The van der Waals surface area contributed by atoms with Gasteiger partial charge in [0.05, 0.1) is 6.21 Å². The molecule has 0 radical (unpaired) electrons. The summed E-state index contributed by atoms with van der Waals surface area (Å²) in [4.78, 5) is 0. The van der Waals surface area contributed by atoms with Gasteiger partial charge in [0.2, 0.25) is 0 Å². The zero-order valence-electron chi connectivity index (χ0n) is 13.8. The van der Waals surface area contributed by atoms with E-state index >= 15 is 0 Å². The van der Waals surface area contributed by atoms with Crippen LogP contribution in [-0.2, 0) is 0 Å². The molecule has 23 heavy (non-hydrogen) atoms. The van der Waals surface area contributed by atoms with Crippen LogP contribution >= 0.6 is 0 Å². The Kier molecular flexibility index (Phi) is 6.03. The number of hydrogen-bond acceptors (Lipinski definition) is 4. The SMILES string of the molecule is Cc1cc(OCCOc2cccc(C=NO)c2)ccc1C(C)C. The van der Waals surface area contributed by atoms with E-state index in [1.807, 2.05) is 24.3 Å². The zero-order valence-corrected chi connectivity index (χ0v) is 13.8. The molecule has 0 saturated carbocycles. The Balaban J connectivity index is 1.83. The first-order valence-corrected chi connectivity index (χ1v) is 7.74. The highest BCUT2D eigenvalue weighted by molar-refractivity contribution is 5.79. The molecule has 0 saturated heterocycles. The van der Waals surface area contributed by atoms with Crippen molar-refractivity contribution in [2.45, 2.75) is 26.7 Å². The summed E-state index contributed by atoms with van der Waals surface area (Å²) in [6.07, 6.45) is 1.36. The second kappa shape index (κ2) is 8.22. The van der Waals surface area contributed by atoms with Crippen LogP contribution in [0.5, 0.6) is 11.5 Å². The fourth-order valence-corrected chi connectivity index (χ4v) is 2.46. The molecule has 2 aromatic carbocycles. The van der Waals surface area contributed by atoms with E-state index < -0.39 is 0 Å². The third-order valence-corrected chi connectivity index (χ3v) is 3.55. The summed E-state index contributed by atoms with van der Waals surface area (Å²) >= 11 is 0. The minimum Gasteiger partial charge on any atom is -0.490 e. The summed E-state index contributed by atoms with van der Waals surface area (Å²) in [7, 11) is 0. The average Bonchev–Trinajstić information content (AvgIpc) is 2.52. The predicted octanol–water partition coefficient (Wildman–Crippen LogP) is 4.38. The van der Waals surface area contributed by atoms with E-state index in [4.69, 9.17) is 14.7 Å². The molecule has 0 aromatic heterocycles. The first kappa shape index (κ1) is 16.9. The third-order valence-electron chi connectivity index (χ3n) is 3.55. The van der Waals surface area contributed by atoms with Crippen LogP contribution in [0, 0.1) is 6.92 Å². The molecule has 4 heteroatoms. The van der Waals surface area contributed by atoms with Gasteiger partial charge in [-0.25, -0.2) is 0 Å². The number of aryl methyl sites for hydroxylation is 1. The van der Waals surface area contributed by atoms with E-state index in [-0.39, 0.29) is 0 Å². The maximum absolute atomic E-state index is 8.54. The van der Waals surface area contributed by atoms with Crippen molar-refractivity contribution in [1.29, 1.82) is 0 Å². The molecule has 4 nitrogen and oxygen atoms in total. The largest absolute Gasteiger partial charge is 0.490 e. The molecule has 0 heterocycles. The molecule has 122 valence electrons. The Morgan fingerprint density at radius 3 is 2.35 bits per heavy atom. The van der Waals surface area contributed by atoms with Crippen molar-refractivity contribution in [3.8, 4) is 11.5 Å². The van der Waals surface area contributed by atoms with Crippen LogP contribution in [0.15, 0.2) is 47.6 Å². The molecule has 0 fully saturated rings. The van der Waals surface area contributed by atoms with Crippen molar-refractivity contribution < 1.29 is 14.7 Å². The van der Waals surface area contributed by atoms with Crippen LogP contribution < -0.4 is 9.47 Å². The Morgan fingerprint density at radius 1 is 1.04 bits per heavy atom. The normalized spacial score (nSPS) is 11.1.